The summed E-state index contributed by atoms with van der Waals surface area (Å²) in [7, 11) is 0. The van der Waals surface area contributed by atoms with Crippen molar-refractivity contribution in [3.8, 4) is 0 Å². The van der Waals surface area contributed by atoms with Gasteiger partial charge in [0.2, 0.25) is 5.91 Å². The molecule has 6 nitrogen and oxygen atoms in total. The minimum Gasteiger partial charge on any atom is -0.351 e. The van der Waals surface area contributed by atoms with Gasteiger partial charge in [0.1, 0.15) is 5.82 Å². The molecule has 3 rings (SSSR count). The summed E-state index contributed by atoms with van der Waals surface area (Å²) in [4.78, 5) is 24.4. The highest BCUT2D eigenvalue weighted by Gasteiger charge is 2.13. The second kappa shape index (κ2) is 9.78. The molecule has 0 saturated heterocycles. The number of aromatic nitrogens is 2. The number of anilines is 1. The molecule has 0 fully saturated rings. The van der Waals surface area contributed by atoms with Gasteiger partial charge in [0, 0.05) is 34.6 Å². The smallest absolute Gasteiger partial charge is 0.252 e. The fourth-order valence-electron chi connectivity index (χ4n) is 2.63. The summed E-state index contributed by atoms with van der Waals surface area (Å²) in [6.45, 7) is 0.477. The molecule has 3 aromatic rings. The van der Waals surface area contributed by atoms with E-state index in [0.717, 1.165) is 0 Å². The van der Waals surface area contributed by atoms with Gasteiger partial charge in [0.15, 0.2) is 0 Å². The third kappa shape index (κ3) is 5.50. The van der Waals surface area contributed by atoms with Gasteiger partial charge in [-0.3, -0.25) is 9.59 Å². The molecule has 0 unspecified atom stereocenters. The van der Waals surface area contributed by atoms with Crippen LogP contribution in [0.3, 0.4) is 0 Å². The van der Waals surface area contributed by atoms with E-state index in [2.05, 4.69) is 15.7 Å². The molecule has 29 heavy (non-hydrogen) atoms. The molecule has 0 atom stereocenters. The summed E-state index contributed by atoms with van der Waals surface area (Å²) in [5, 5.41) is 11.1. The summed E-state index contributed by atoms with van der Waals surface area (Å²) >= 11 is 18.4. The van der Waals surface area contributed by atoms with Crippen LogP contribution < -0.4 is 10.6 Å². The molecule has 0 aliphatic rings. The van der Waals surface area contributed by atoms with Gasteiger partial charge in [-0.15, -0.1) is 0 Å². The van der Waals surface area contributed by atoms with Crippen molar-refractivity contribution >= 4 is 52.4 Å². The van der Waals surface area contributed by atoms with Crippen molar-refractivity contribution in [1.29, 1.82) is 0 Å². The number of amides is 2. The van der Waals surface area contributed by atoms with E-state index >= 15 is 0 Å². The molecule has 0 aliphatic heterocycles. The summed E-state index contributed by atoms with van der Waals surface area (Å²) in [6, 6.07) is 13.6. The zero-order valence-electron chi connectivity index (χ0n) is 15.2. The number of nitrogens with one attached hydrogen (secondary N) is 2. The van der Waals surface area contributed by atoms with E-state index in [0.29, 0.717) is 38.6 Å². The van der Waals surface area contributed by atoms with E-state index < -0.39 is 0 Å². The average Bonchev–Trinajstić information content (AvgIpc) is 3.11. The highest BCUT2D eigenvalue weighted by atomic mass is 35.5. The number of halogens is 3. The summed E-state index contributed by atoms with van der Waals surface area (Å²) < 4.78 is 1.59. The summed E-state index contributed by atoms with van der Waals surface area (Å²) in [5.74, 6) is -0.0957. The summed E-state index contributed by atoms with van der Waals surface area (Å²) in [5.41, 5.74) is 1.08. The molecule has 9 heteroatoms. The van der Waals surface area contributed by atoms with Gasteiger partial charge < -0.3 is 10.6 Å². The lowest BCUT2D eigenvalue weighted by Gasteiger charge is -2.12. The van der Waals surface area contributed by atoms with Crippen molar-refractivity contribution in [3.05, 3.63) is 80.9 Å². The first-order chi connectivity index (χ1) is 14.0. The maximum atomic E-state index is 12.3. The topological polar surface area (TPSA) is 76.0 Å². The first-order valence-corrected chi connectivity index (χ1v) is 9.86. The normalized spacial score (nSPS) is 10.6. The molecule has 2 amide bonds. The number of rotatable bonds is 7. The lowest BCUT2D eigenvalue weighted by atomic mass is 10.2. The highest BCUT2D eigenvalue weighted by Crippen LogP contribution is 2.26. The van der Waals surface area contributed by atoms with Crippen LogP contribution in [0.5, 0.6) is 0 Å². The Labute approximate surface area is 182 Å². The molecule has 1 heterocycles. The molecule has 150 valence electrons. The quantitative estimate of drug-likeness (QED) is 0.549. The fourth-order valence-corrected chi connectivity index (χ4v) is 3.37. The number of nitrogens with zero attached hydrogens (tertiary/aromatic N) is 2. The third-order valence-electron chi connectivity index (χ3n) is 4.11. The van der Waals surface area contributed by atoms with Crippen molar-refractivity contribution in [3.63, 3.8) is 0 Å². The molecule has 0 spiro atoms. The molecule has 2 N–H and O–H groups in total. The van der Waals surface area contributed by atoms with Crippen LogP contribution in [0.25, 0.3) is 0 Å². The van der Waals surface area contributed by atoms with Gasteiger partial charge in [-0.2, -0.15) is 5.10 Å². The molecular formula is C20H17Cl3N4O2. The first kappa shape index (κ1) is 21.2. The van der Waals surface area contributed by atoms with Gasteiger partial charge in [-0.1, -0.05) is 53.0 Å². The van der Waals surface area contributed by atoms with Gasteiger partial charge >= 0.3 is 0 Å². The molecule has 0 saturated carbocycles. The van der Waals surface area contributed by atoms with Gasteiger partial charge in [-0.05, 0) is 24.3 Å². The molecule has 0 aliphatic carbocycles. The Bertz CT molecular complexity index is 1020. The predicted octanol–water partition coefficient (Wildman–Crippen LogP) is 4.65. The van der Waals surface area contributed by atoms with Crippen LogP contribution in [0.1, 0.15) is 22.3 Å². The van der Waals surface area contributed by atoms with Gasteiger partial charge in [0.05, 0.1) is 23.3 Å². The van der Waals surface area contributed by atoms with E-state index in [-0.39, 0.29) is 24.8 Å². The number of carbonyl (C=O) groups is 2. The van der Waals surface area contributed by atoms with Crippen LogP contribution >= 0.6 is 34.8 Å². The van der Waals surface area contributed by atoms with Crippen molar-refractivity contribution < 1.29 is 9.59 Å². The second-order valence-corrected chi connectivity index (χ2v) is 7.33. The Morgan fingerprint density at radius 3 is 2.34 bits per heavy atom. The lowest BCUT2D eigenvalue weighted by Crippen LogP contribution is -2.28. The predicted molar refractivity (Wildman–Crippen MR) is 115 cm³/mol. The third-order valence-corrected chi connectivity index (χ3v) is 5.15. The molecule has 0 bridgehead atoms. The Morgan fingerprint density at radius 2 is 1.62 bits per heavy atom. The van der Waals surface area contributed by atoms with Crippen LogP contribution in [0.15, 0.2) is 54.7 Å². The SMILES string of the molecule is O=C(CCNC(=O)c1ccccc1Cl)Nc1ccnn1Cc1c(Cl)cccc1Cl. The molecular weight excluding hydrogens is 435 g/mol. The van der Waals surface area contributed by atoms with Crippen molar-refractivity contribution in [1.82, 2.24) is 15.1 Å². The van der Waals surface area contributed by atoms with Crippen molar-refractivity contribution in [2.24, 2.45) is 0 Å². The Kier molecular flexibility index (Phi) is 7.14. The first-order valence-electron chi connectivity index (χ1n) is 8.73. The molecule has 0 radical (unpaired) electrons. The number of benzene rings is 2. The second-order valence-electron chi connectivity index (χ2n) is 6.11. The zero-order valence-corrected chi connectivity index (χ0v) is 17.4. The number of carbonyl (C=O) groups excluding carboxylic acids is 2. The Morgan fingerprint density at radius 1 is 0.931 bits per heavy atom. The minimum atomic E-state index is -0.332. The number of hydrogen-bond donors (Lipinski definition) is 2. The van der Waals surface area contributed by atoms with E-state index in [4.69, 9.17) is 34.8 Å². The Balaban J connectivity index is 1.55. The fraction of sp³-hybridized carbons (Fsp3) is 0.150. The molecule has 1 aromatic heterocycles. The van der Waals surface area contributed by atoms with Crippen LogP contribution in [-0.2, 0) is 11.3 Å². The van der Waals surface area contributed by atoms with E-state index in [1.165, 1.54) is 0 Å². The highest BCUT2D eigenvalue weighted by molar-refractivity contribution is 6.36. The van der Waals surface area contributed by atoms with E-state index in [9.17, 15) is 9.59 Å². The minimum absolute atomic E-state index is 0.0915. The van der Waals surface area contributed by atoms with Crippen molar-refractivity contribution in [2.75, 3.05) is 11.9 Å². The van der Waals surface area contributed by atoms with Crippen molar-refractivity contribution in [2.45, 2.75) is 13.0 Å². The number of hydrogen-bond acceptors (Lipinski definition) is 3. The summed E-state index contributed by atoms with van der Waals surface area (Å²) in [6.07, 6.45) is 1.66. The largest absolute Gasteiger partial charge is 0.351 e. The van der Waals surface area contributed by atoms with E-state index in [1.54, 1.807) is 59.4 Å². The standard InChI is InChI=1S/C20H17Cl3N4O2/c21-15-5-2-1-4-13(15)20(29)24-10-9-19(28)26-18-8-11-25-27(18)12-14-16(22)6-3-7-17(14)23/h1-8,11H,9-10,12H2,(H,24,29)(H,26,28). The lowest BCUT2D eigenvalue weighted by molar-refractivity contribution is -0.116. The maximum Gasteiger partial charge on any atom is 0.252 e. The van der Waals surface area contributed by atoms with Gasteiger partial charge in [-0.25, -0.2) is 4.68 Å². The maximum absolute atomic E-state index is 12.3. The Hall–Kier alpha value is -2.54. The van der Waals surface area contributed by atoms with Crippen LogP contribution in [0, 0.1) is 0 Å². The molecule has 2 aromatic carbocycles. The van der Waals surface area contributed by atoms with Gasteiger partial charge in [0.25, 0.3) is 5.91 Å². The monoisotopic (exact) mass is 450 g/mol. The van der Waals surface area contributed by atoms with Crippen LogP contribution in [0.4, 0.5) is 5.82 Å². The van der Waals surface area contributed by atoms with Crippen LogP contribution in [-0.4, -0.2) is 28.1 Å². The zero-order chi connectivity index (χ0) is 20.8. The average molecular weight is 452 g/mol. The van der Waals surface area contributed by atoms with Crippen LogP contribution in [0.2, 0.25) is 15.1 Å². The van der Waals surface area contributed by atoms with E-state index in [1.807, 2.05) is 0 Å².